The Bertz CT molecular complexity index is 1350. The van der Waals surface area contributed by atoms with Gasteiger partial charge in [0.2, 0.25) is 10.0 Å². The number of benzene rings is 2. The highest BCUT2D eigenvalue weighted by Crippen LogP contribution is 2.32. The van der Waals surface area contributed by atoms with Gasteiger partial charge in [-0.1, -0.05) is 24.3 Å². The molecule has 0 atom stereocenters. The molecule has 0 fully saturated rings. The summed E-state index contributed by atoms with van der Waals surface area (Å²) in [5, 5.41) is 4.31. The fraction of sp³-hybridized carbons (Fsp3) is 0.250. The van der Waals surface area contributed by atoms with Crippen molar-refractivity contribution in [2.45, 2.75) is 17.9 Å². The molecular weight excluding hydrogens is 474 g/mol. The maximum Gasteiger partial charge on any atom is 0.267 e. The Morgan fingerprint density at radius 1 is 1.09 bits per heavy atom. The number of amides is 2. The van der Waals surface area contributed by atoms with Crippen molar-refractivity contribution < 1.29 is 22.7 Å². The first-order chi connectivity index (χ1) is 16.2. The minimum atomic E-state index is -3.89. The molecule has 8 nitrogen and oxygen atoms in total. The van der Waals surface area contributed by atoms with Crippen LogP contribution in [0.2, 0.25) is 0 Å². The normalized spacial score (nSPS) is 13.7. The number of thiophene rings is 1. The van der Waals surface area contributed by atoms with Crippen LogP contribution >= 0.6 is 11.3 Å². The number of carbonyl (C=O) groups excluding carboxylic acids is 2. The third-order valence-electron chi connectivity index (χ3n) is 5.65. The van der Waals surface area contributed by atoms with Gasteiger partial charge in [-0.2, -0.15) is 4.31 Å². The van der Waals surface area contributed by atoms with E-state index in [2.05, 4.69) is 5.32 Å². The van der Waals surface area contributed by atoms with Gasteiger partial charge in [-0.3, -0.25) is 9.59 Å². The third kappa shape index (κ3) is 4.56. The molecule has 0 bridgehead atoms. The largest absolute Gasteiger partial charge is 0.495 e. The molecule has 3 aromatic rings. The minimum Gasteiger partial charge on any atom is -0.495 e. The maximum absolute atomic E-state index is 13.5. The Morgan fingerprint density at radius 2 is 1.82 bits per heavy atom. The summed E-state index contributed by atoms with van der Waals surface area (Å²) in [6, 6.07) is 13.9. The molecule has 2 amide bonds. The minimum absolute atomic E-state index is 0.0335. The van der Waals surface area contributed by atoms with Gasteiger partial charge in [0.1, 0.15) is 15.5 Å². The predicted molar refractivity (Wildman–Crippen MR) is 131 cm³/mol. The van der Waals surface area contributed by atoms with Crippen LogP contribution in [0.4, 0.5) is 5.69 Å². The van der Waals surface area contributed by atoms with Crippen molar-refractivity contribution in [2.75, 3.05) is 33.1 Å². The van der Waals surface area contributed by atoms with Crippen LogP contribution in [0.15, 0.2) is 58.8 Å². The summed E-state index contributed by atoms with van der Waals surface area (Å²) in [5.74, 6) is -0.459. The second-order valence-electron chi connectivity index (χ2n) is 8.04. The van der Waals surface area contributed by atoms with Crippen molar-refractivity contribution in [2.24, 2.45) is 0 Å². The monoisotopic (exact) mass is 499 g/mol. The number of nitrogens with one attached hydrogen (secondary N) is 1. The lowest BCUT2D eigenvalue weighted by Gasteiger charge is -2.28. The number of methoxy groups -OCH3 is 1. The van der Waals surface area contributed by atoms with Crippen LogP contribution < -0.4 is 10.1 Å². The van der Waals surface area contributed by atoms with Gasteiger partial charge in [0.05, 0.1) is 12.8 Å². The highest BCUT2D eigenvalue weighted by molar-refractivity contribution is 7.89. The molecule has 178 valence electrons. The molecule has 0 saturated heterocycles. The molecular formula is C24H25N3O5S2. The molecule has 1 N–H and O–H groups in total. The van der Waals surface area contributed by atoms with E-state index in [1.54, 1.807) is 31.6 Å². The van der Waals surface area contributed by atoms with Crippen LogP contribution in [0.1, 0.15) is 31.2 Å². The molecule has 0 spiro atoms. The standard InChI is InChI=1S/C24H25N3O5S2/c1-26(2)24(29)17-8-9-20(32-3)19(14-17)25-23(28)22-21(11-13-33-22)34(30,31)27-12-10-16-6-4-5-7-18(16)15-27/h4-9,11,13-14H,10,12,15H2,1-3H3,(H,25,28). The van der Waals surface area contributed by atoms with Crippen LogP contribution in [-0.2, 0) is 23.0 Å². The molecule has 1 aliphatic heterocycles. The van der Waals surface area contributed by atoms with Crippen LogP contribution in [0.5, 0.6) is 5.75 Å². The summed E-state index contributed by atoms with van der Waals surface area (Å²) in [6.07, 6.45) is 0.616. The summed E-state index contributed by atoms with van der Waals surface area (Å²) in [5.41, 5.74) is 2.75. The molecule has 0 unspecified atom stereocenters. The quantitative estimate of drug-likeness (QED) is 0.560. The van der Waals surface area contributed by atoms with E-state index in [1.807, 2.05) is 24.3 Å². The zero-order valence-corrected chi connectivity index (χ0v) is 20.7. The van der Waals surface area contributed by atoms with E-state index in [0.717, 1.165) is 22.5 Å². The number of ether oxygens (including phenoxy) is 1. The lowest BCUT2D eigenvalue weighted by atomic mass is 10.0. The Kier molecular flexibility index (Phi) is 6.74. The summed E-state index contributed by atoms with van der Waals surface area (Å²) < 4.78 is 33.6. The molecule has 2 heterocycles. The smallest absolute Gasteiger partial charge is 0.267 e. The zero-order valence-electron chi connectivity index (χ0n) is 19.1. The SMILES string of the molecule is COc1ccc(C(=O)N(C)C)cc1NC(=O)c1sccc1S(=O)(=O)N1CCc2ccccc2C1. The van der Waals surface area contributed by atoms with Gasteiger partial charge >= 0.3 is 0 Å². The van der Waals surface area contributed by atoms with E-state index in [9.17, 15) is 18.0 Å². The van der Waals surface area contributed by atoms with E-state index < -0.39 is 15.9 Å². The number of hydrogen-bond acceptors (Lipinski definition) is 6. The zero-order chi connectivity index (χ0) is 24.5. The van der Waals surface area contributed by atoms with Crippen molar-refractivity contribution in [1.82, 2.24) is 9.21 Å². The Labute approximate surface area is 202 Å². The lowest BCUT2D eigenvalue weighted by Crippen LogP contribution is -2.36. The van der Waals surface area contributed by atoms with Crippen molar-refractivity contribution in [3.8, 4) is 5.75 Å². The first-order valence-corrected chi connectivity index (χ1v) is 12.9. The molecule has 0 saturated carbocycles. The molecule has 1 aliphatic rings. The summed E-state index contributed by atoms with van der Waals surface area (Å²) in [6.45, 7) is 0.608. The van der Waals surface area contributed by atoms with Gasteiger partial charge in [0.25, 0.3) is 11.8 Å². The number of nitrogens with zero attached hydrogens (tertiary/aromatic N) is 2. The van der Waals surface area contributed by atoms with Gasteiger partial charge in [0.15, 0.2) is 0 Å². The highest BCUT2D eigenvalue weighted by Gasteiger charge is 2.32. The number of fused-ring (bicyclic) bond motifs is 1. The van der Waals surface area contributed by atoms with Crippen molar-refractivity contribution in [1.29, 1.82) is 0 Å². The number of rotatable bonds is 6. The lowest BCUT2D eigenvalue weighted by molar-refractivity contribution is 0.0827. The number of anilines is 1. The van der Waals surface area contributed by atoms with E-state index >= 15 is 0 Å². The second kappa shape index (κ2) is 9.57. The fourth-order valence-corrected chi connectivity index (χ4v) is 6.57. The van der Waals surface area contributed by atoms with Crippen LogP contribution in [0.3, 0.4) is 0 Å². The maximum atomic E-state index is 13.5. The third-order valence-corrected chi connectivity index (χ3v) is 8.58. The topological polar surface area (TPSA) is 96.0 Å². The Morgan fingerprint density at radius 3 is 2.53 bits per heavy atom. The Hall–Kier alpha value is -3.21. The fourth-order valence-electron chi connectivity index (χ4n) is 3.86. The van der Waals surface area contributed by atoms with Crippen LogP contribution in [-0.4, -0.2) is 57.2 Å². The molecule has 34 heavy (non-hydrogen) atoms. The van der Waals surface area contributed by atoms with Crippen molar-refractivity contribution in [3.05, 3.63) is 75.5 Å². The Balaban J connectivity index is 1.61. The molecule has 0 radical (unpaired) electrons. The second-order valence-corrected chi connectivity index (χ2v) is 10.9. The molecule has 10 heteroatoms. The molecule has 2 aromatic carbocycles. The van der Waals surface area contributed by atoms with Gasteiger partial charge in [0, 0.05) is 32.7 Å². The predicted octanol–water partition coefficient (Wildman–Crippen LogP) is 3.46. The van der Waals surface area contributed by atoms with Crippen molar-refractivity contribution in [3.63, 3.8) is 0 Å². The van der Waals surface area contributed by atoms with E-state index in [0.29, 0.717) is 24.3 Å². The van der Waals surface area contributed by atoms with E-state index in [1.165, 1.54) is 28.4 Å². The molecule has 4 rings (SSSR count). The first-order valence-electron chi connectivity index (χ1n) is 10.6. The number of sulfonamides is 1. The van der Waals surface area contributed by atoms with Gasteiger partial charge < -0.3 is 15.0 Å². The van der Waals surface area contributed by atoms with Crippen molar-refractivity contribution >= 4 is 38.9 Å². The summed E-state index contributed by atoms with van der Waals surface area (Å²) in [7, 11) is 0.828. The van der Waals surface area contributed by atoms with Gasteiger partial charge in [-0.25, -0.2) is 8.42 Å². The van der Waals surface area contributed by atoms with Crippen LogP contribution in [0.25, 0.3) is 0 Å². The average Bonchev–Trinajstić information content (AvgIpc) is 3.34. The number of hydrogen-bond donors (Lipinski definition) is 1. The molecule has 0 aliphatic carbocycles. The van der Waals surface area contributed by atoms with Gasteiger partial charge in [-0.05, 0) is 47.2 Å². The highest BCUT2D eigenvalue weighted by atomic mass is 32.2. The summed E-state index contributed by atoms with van der Waals surface area (Å²) >= 11 is 1.05. The average molecular weight is 500 g/mol. The van der Waals surface area contributed by atoms with Gasteiger partial charge in [-0.15, -0.1) is 11.3 Å². The molecule has 1 aromatic heterocycles. The summed E-state index contributed by atoms with van der Waals surface area (Å²) in [4.78, 5) is 27.0. The first kappa shape index (κ1) is 23.9. The van der Waals surface area contributed by atoms with E-state index in [4.69, 9.17) is 4.74 Å². The van der Waals surface area contributed by atoms with Crippen LogP contribution in [0, 0.1) is 0 Å². The number of carbonyl (C=O) groups is 2. The van der Waals surface area contributed by atoms with E-state index in [-0.39, 0.29) is 27.9 Å².